The van der Waals surface area contributed by atoms with Gasteiger partial charge >= 0.3 is 6.03 Å². The number of imide groups is 1. The average molecular weight is 438 g/mol. The van der Waals surface area contributed by atoms with Gasteiger partial charge in [0.25, 0.3) is 0 Å². The molecular weight excluding hydrogens is 410 g/mol. The van der Waals surface area contributed by atoms with Crippen LogP contribution < -0.4 is 10.6 Å². The highest BCUT2D eigenvalue weighted by Crippen LogP contribution is 2.33. The first-order valence-corrected chi connectivity index (χ1v) is 11.7. The van der Waals surface area contributed by atoms with Crippen molar-refractivity contribution >= 4 is 34.5 Å². The number of hydrogen-bond acceptors (Lipinski definition) is 5. The molecule has 2 N–H and O–H groups in total. The molecule has 0 unspecified atom stereocenters. The van der Waals surface area contributed by atoms with Gasteiger partial charge in [-0.3, -0.25) is 10.1 Å². The van der Waals surface area contributed by atoms with Crippen LogP contribution >= 0.6 is 11.8 Å². The predicted octanol–water partition coefficient (Wildman–Crippen LogP) is 4.08. The number of thioether (sulfide) groups is 1. The molecule has 7 nitrogen and oxygen atoms in total. The number of rotatable bonds is 6. The van der Waals surface area contributed by atoms with Crippen molar-refractivity contribution < 1.29 is 9.59 Å². The summed E-state index contributed by atoms with van der Waals surface area (Å²) in [6, 6.07) is 14.6. The number of benzene rings is 2. The van der Waals surface area contributed by atoms with Crippen LogP contribution in [0.1, 0.15) is 49.5 Å². The van der Waals surface area contributed by atoms with Crippen LogP contribution in [0.4, 0.5) is 4.79 Å². The van der Waals surface area contributed by atoms with Crippen molar-refractivity contribution in [2.24, 2.45) is 0 Å². The molecule has 1 fully saturated rings. The molecule has 1 heterocycles. The molecule has 31 heavy (non-hydrogen) atoms. The molecule has 1 saturated carbocycles. The van der Waals surface area contributed by atoms with Crippen molar-refractivity contribution in [1.82, 2.24) is 25.4 Å². The van der Waals surface area contributed by atoms with Crippen molar-refractivity contribution in [2.45, 2.75) is 49.7 Å². The van der Waals surface area contributed by atoms with Gasteiger partial charge in [0.1, 0.15) is 5.82 Å². The van der Waals surface area contributed by atoms with Gasteiger partial charge in [-0.05, 0) is 29.2 Å². The number of carbonyl (C=O) groups is 2. The first-order chi connectivity index (χ1) is 15.2. The maximum Gasteiger partial charge on any atom is 0.321 e. The van der Waals surface area contributed by atoms with E-state index in [1.807, 2.05) is 0 Å². The molecule has 0 saturated heterocycles. The topological polar surface area (TPSA) is 88.9 Å². The first-order valence-electron chi connectivity index (χ1n) is 10.7. The first kappa shape index (κ1) is 21.4. The molecule has 0 atom stereocenters. The fraction of sp³-hybridized carbons (Fsp3) is 0.391. The molecule has 8 heteroatoms. The Labute approximate surface area is 186 Å². The minimum atomic E-state index is -0.504. The second kappa shape index (κ2) is 9.96. The van der Waals surface area contributed by atoms with E-state index in [1.54, 1.807) is 0 Å². The lowest BCUT2D eigenvalue weighted by Gasteiger charge is -2.25. The van der Waals surface area contributed by atoms with E-state index in [1.165, 1.54) is 54.4 Å². The third-order valence-corrected chi connectivity index (χ3v) is 6.66. The molecule has 3 aromatic rings. The van der Waals surface area contributed by atoms with E-state index < -0.39 is 6.03 Å². The summed E-state index contributed by atoms with van der Waals surface area (Å²) in [6.45, 7) is 0. The minimum Gasteiger partial charge on any atom is -0.341 e. The van der Waals surface area contributed by atoms with Crippen LogP contribution in [-0.2, 0) is 11.2 Å². The van der Waals surface area contributed by atoms with E-state index in [2.05, 4.69) is 67.9 Å². The lowest BCUT2D eigenvalue weighted by Crippen LogP contribution is -2.38. The molecule has 0 radical (unpaired) electrons. The van der Waals surface area contributed by atoms with Crippen molar-refractivity contribution in [2.75, 3.05) is 12.8 Å². The number of fused-ring (bicyclic) bond motifs is 1. The number of urea groups is 1. The Morgan fingerprint density at radius 1 is 1.06 bits per heavy atom. The zero-order valence-corrected chi connectivity index (χ0v) is 18.5. The van der Waals surface area contributed by atoms with Gasteiger partial charge in [-0.25, -0.2) is 4.79 Å². The number of hydrogen-bond donors (Lipinski definition) is 2. The lowest BCUT2D eigenvalue weighted by atomic mass is 9.95. The van der Waals surface area contributed by atoms with E-state index in [-0.39, 0.29) is 11.7 Å². The van der Waals surface area contributed by atoms with Crippen molar-refractivity contribution in [3.63, 3.8) is 0 Å². The molecule has 2 aromatic carbocycles. The van der Waals surface area contributed by atoms with Gasteiger partial charge in [0.2, 0.25) is 5.91 Å². The Balaban J connectivity index is 1.60. The highest BCUT2D eigenvalue weighted by atomic mass is 32.2. The quantitative estimate of drug-likeness (QED) is 0.568. The minimum absolute atomic E-state index is 0.118. The molecular formula is C23H27N5O2S. The lowest BCUT2D eigenvalue weighted by molar-refractivity contribution is -0.117. The fourth-order valence-electron chi connectivity index (χ4n) is 4.20. The third-order valence-electron chi connectivity index (χ3n) is 5.72. The Morgan fingerprint density at radius 2 is 1.84 bits per heavy atom. The van der Waals surface area contributed by atoms with Crippen molar-refractivity contribution in [3.8, 4) is 0 Å². The van der Waals surface area contributed by atoms with E-state index in [9.17, 15) is 9.59 Å². The Morgan fingerprint density at radius 3 is 2.65 bits per heavy atom. The van der Waals surface area contributed by atoms with Crippen molar-refractivity contribution in [1.29, 1.82) is 0 Å². The van der Waals surface area contributed by atoms with Gasteiger partial charge in [-0.1, -0.05) is 73.5 Å². The van der Waals surface area contributed by atoms with E-state index in [4.69, 9.17) is 0 Å². The number of amides is 3. The fourth-order valence-corrected chi connectivity index (χ4v) is 5.03. The van der Waals surface area contributed by atoms with Crippen LogP contribution in [0.15, 0.2) is 47.6 Å². The zero-order chi connectivity index (χ0) is 21.6. The maximum atomic E-state index is 12.1. The summed E-state index contributed by atoms with van der Waals surface area (Å²) < 4.78 is 2.23. The van der Waals surface area contributed by atoms with Gasteiger partial charge in [0.15, 0.2) is 5.16 Å². The molecule has 3 amide bonds. The molecule has 1 aromatic heterocycles. The molecule has 0 aliphatic heterocycles. The zero-order valence-electron chi connectivity index (χ0n) is 17.6. The van der Waals surface area contributed by atoms with E-state index >= 15 is 0 Å². The second-order valence-corrected chi connectivity index (χ2v) is 8.73. The van der Waals surface area contributed by atoms with Gasteiger partial charge < -0.3 is 9.88 Å². The smallest absolute Gasteiger partial charge is 0.321 e. The van der Waals surface area contributed by atoms with Crippen LogP contribution in [0.25, 0.3) is 10.8 Å². The summed E-state index contributed by atoms with van der Waals surface area (Å²) in [5.41, 5.74) is 1.22. The number of carbonyl (C=O) groups excluding carboxylic acids is 2. The molecule has 1 aliphatic rings. The average Bonchev–Trinajstić information content (AvgIpc) is 3.21. The summed E-state index contributed by atoms with van der Waals surface area (Å²) >= 11 is 1.33. The molecule has 0 bridgehead atoms. The van der Waals surface area contributed by atoms with E-state index in [0.717, 1.165) is 23.8 Å². The van der Waals surface area contributed by atoms with Crippen LogP contribution in [0, 0.1) is 0 Å². The largest absolute Gasteiger partial charge is 0.341 e. The maximum absolute atomic E-state index is 12.1. The van der Waals surface area contributed by atoms with Gasteiger partial charge in [-0.2, -0.15) is 0 Å². The summed E-state index contributed by atoms with van der Waals surface area (Å²) in [5.74, 6) is 0.697. The molecule has 162 valence electrons. The summed E-state index contributed by atoms with van der Waals surface area (Å²) in [7, 11) is 1.48. The Hall–Kier alpha value is -2.87. The number of nitrogens with one attached hydrogen (secondary N) is 2. The Kier molecular flexibility index (Phi) is 6.86. The SMILES string of the molecule is CNC(=O)NC(=O)CSc1nnc(Cc2cccc3ccccc23)n1C1CCCCC1. The molecule has 1 aliphatic carbocycles. The monoisotopic (exact) mass is 437 g/mol. The summed E-state index contributed by atoms with van der Waals surface area (Å²) in [4.78, 5) is 23.4. The van der Waals surface area contributed by atoms with Crippen LogP contribution in [0.5, 0.6) is 0 Å². The van der Waals surface area contributed by atoms with Crippen LogP contribution in [0.2, 0.25) is 0 Å². The van der Waals surface area contributed by atoms with Crippen LogP contribution in [0.3, 0.4) is 0 Å². The molecule has 4 rings (SSSR count). The third kappa shape index (κ3) is 5.07. The normalized spacial score (nSPS) is 14.5. The van der Waals surface area contributed by atoms with Gasteiger partial charge in [0, 0.05) is 19.5 Å². The molecule has 0 spiro atoms. The van der Waals surface area contributed by atoms with Gasteiger partial charge in [0.05, 0.1) is 5.75 Å². The summed E-state index contributed by atoms with van der Waals surface area (Å²) in [6.07, 6.45) is 6.52. The van der Waals surface area contributed by atoms with Crippen LogP contribution in [-0.4, -0.2) is 39.5 Å². The van der Waals surface area contributed by atoms with Crippen molar-refractivity contribution in [3.05, 3.63) is 53.9 Å². The predicted molar refractivity (Wildman–Crippen MR) is 122 cm³/mol. The second-order valence-electron chi connectivity index (χ2n) is 7.79. The number of aromatic nitrogens is 3. The van der Waals surface area contributed by atoms with E-state index in [0.29, 0.717) is 12.5 Å². The Bertz CT molecular complexity index is 1070. The standard InChI is InChI=1S/C23H27N5O2S/c1-24-22(30)25-21(29)15-31-23-27-26-20(28(23)18-11-3-2-4-12-18)14-17-10-7-9-16-8-5-6-13-19(16)17/h5-10,13,18H,2-4,11-12,14-15H2,1H3,(H2,24,25,29,30). The van der Waals surface area contributed by atoms with Gasteiger partial charge in [-0.15, -0.1) is 10.2 Å². The highest BCUT2D eigenvalue weighted by molar-refractivity contribution is 7.99. The highest BCUT2D eigenvalue weighted by Gasteiger charge is 2.24. The summed E-state index contributed by atoms with van der Waals surface area (Å²) in [5, 5.41) is 16.8. The number of nitrogens with zero attached hydrogens (tertiary/aromatic N) is 3.